The molecule has 0 aliphatic carbocycles. The van der Waals surface area contributed by atoms with Crippen LogP contribution in [0.25, 0.3) is 10.9 Å². The van der Waals surface area contributed by atoms with E-state index < -0.39 is 48.4 Å². The first kappa shape index (κ1) is 29.1. The molecule has 2 rings (SSSR count). The van der Waals surface area contributed by atoms with E-state index in [2.05, 4.69) is 20.9 Å². The van der Waals surface area contributed by atoms with Crippen molar-refractivity contribution in [2.75, 3.05) is 25.1 Å². The molecular formula is C24H36N6O5S. The quantitative estimate of drug-likeness (QED) is 0.151. The lowest BCUT2D eigenvalue weighted by Crippen LogP contribution is -2.53. The Balaban J connectivity index is 1.94. The highest BCUT2D eigenvalue weighted by molar-refractivity contribution is 7.98. The second kappa shape index (κ2) is 15.1. The van der Waals surface area contributed by atoms with Crippen LogP contribution in [0.2, 0.25) is 0 Å². The molecule has 36 heavy (non-hydrogen) atoms. The Labute approximate surface area is 214 Å². The largest absolute Gasteiger partial charge is 0.480 e. The van der Waals surface area contributed by atoms with Crippen molar-refractivity contribution in [2.45, 2.75) is 50.2 Å². The van der Waals surface area contributed by atoms with Crippen molar-refractivity contribution in [3.05, 3.63) is 36.0 Å². The first-order valence-corrected chi connectivity index (χ1v) is 13.3. The number of fused-ring (bicyclic) bond motifs is 1. The van der Waals surface area contributed by atoms with E-state index in [9.17, 15) is 24.3 Å². The molecule has 1 heterocycles. The van der Waals surface area contributed by atoms with E-state index >= 15 is 0 Å². The average Bonchev–Trinajstić information content (AvgIpc) is 3.27. The van der Waals surface area contributed by atoms with Gasteiger partial charge in [0.15, 0.2) is 0 Å². The molecule has 0 aliphatic rings. The van der Waals surface area contributed by atoms with E-state index in [1.165, 1.54) is 0 Å². The summed E-state index contributed by atoms with van der Waals surface area (Å²) in [7, 11) is 0. The molecule has 12 heteroatoms. The van der Waals surface area contributed by atoms with Gasteiger partial charge >= 0.3 is 5.97 Å². The van der Waals surface area contributed by atoms with Crippen molar-refractivity contribution < 1.29 is 24.3 Å². The second-order valence-corrected chi connectivity index (χ2v) is 9.46. The number of nitrogens with one attached hydrogen (secondary N) is 4. The highest BCUT2D eigenvalue weighted by Crippen LogP contribution is 2.19. The van der Waals surface area contributed by atoms with Crippen molar-refractivity contribution >= 4 is 46.4 Å². The standard InChI is InChI=1S/C24H36N6O5S/c1-36-11-9-17(26)22(32)30-19(8-4-5-10-25)23(33)28-14-21(31)29-20(24(34)35)12-15-13-27-18-7-3-2-6-16(15)18/h2-3,6-7,13,17,19-20,27H,4-5,8-12,14,25-26H2,1H3,(H,28,33)(H,29,31)(H,30,32)(H,34,35). The zero-order valence-corrected chi connectivity index (χ0v) is 21.2. The SMILES string of the molecule is CSCCC(N)C(=O)NC(CCCCN)C(=O)NCC(=O)NC(Cc1c[nH]c2ccccc12)C(=O)O. The fourth-order valence-electron chi connectivity index (χ4n) is 3.67. The minimum absolute atomic E-state index is 0.0741. The molecule has 0 aliphatic heterocycles. The van der Waals surface area contributed by atoms with Crippen LogP contribution in [0.1, 0.15) is 31.2 Å². The maximum atomic E-state index is 12.7. The summed E-state index contributed by atoms with van der Waals surface area (Å²) in [6.45, 7) is 0.0171. The second-order valence-electron chi connectivity index (χ2n) is 8.47. The fourth-order valence-corrected chi connectivity index (χ4v) is 4.16. The number of aromatic nitrogens is 1. The van der Waals surface area contributed by atoms with Crippen LogP contribution in [0.5, 0.6) is 0 Å². The van der Waals surface area contributed by atoms with Crippen LogP contribution in [-0.2, 0) is 25.6 Å². The number of carbonyl (C=O) groups is 4. The molecule has 11 nitrogen and oxygen atoms in total. The van der Waals surface area contributed by atoms with Gasteiger partial charge in [0.25, 0.3) is 0 Å². The van der Waals surface area contributed by atoms with Crippen molar-refractivity contribution in [3.8, 4) is 0 Å². The van der Waals surface area contributed by atoms with Gasteiger partial charge in [-0.1, -0.05) is 18.2 Å². The molecular weight excluding hydrogens is 484 g/mol. The zero-order valence-electron chi connectivity index (χ0n) is 20.4. The molecule has 3 unspecified atom stereocenters. The van der Waals surface area contributed by atoms with Crippen molar-refractivity contribution in [3.63, 3.8) is 0 Å². The molecule has 0 saturated heterocycles. The third-order valence-corrected chi connectivity index (χ3v) is 6.35. The van der Waals surface area contributed by atoms with Crippen LogP contribution >= 0.6 is 11.8 Å². The maximum absolute atomic E-state index is 12.7. The Morgan fingerprint density at radius 1 is 1.06 bits per heavy atom. The van der Waals surface area contributed by atoms with Gasteiger partial charge in [0.05, 0.1) is 12.6 Å². The molecule has 3 atom stereocenters. The number of benzene rings is 1. The molecule has 0 radical (unpaired) electrons. The Kier molecular flexibility index (Phi) is 12.2. The predicted molar refractivity (Wildman–Crippen MR) is 140 cm³/mol. The summed E-state index contributed by atoms with van der Waals surface area (Å²) in [6.07, 6.45) is 5.79. The summed E-state index contributed by atoms with van der Waals surface area (Å²) in [5.41, 5.74) is 13.1. The number of aromatic amines is 1. The number of aliphatic carboxylic acids is 1. The van der Waals surface area contributed by atoms with E-state index in [4.69, 9.17) is 11.5 Å². The fraction of sp³-hybridized carbons (Fsp3) is 0.500. The topological polar surface area (TPSA) is 192 Å². The molecule has 9 N–H and O–H groups in total. The molecule has 0 saturated carbocycles. The Morgan fingerprint density at radius 3 is 2.50 bits per heavy atom. The lowest BCUT2D eigenvalue weighted by atomic mass is 10.0. The molecule has 198 valence electrons. The highest BCUT2D eigenvalue weighted by Gasteiger charge is 2.25. The summed E-state index contributed by atoms with van der Waals surface area (Å²) >= 11 is 1.57. The van der Waals surface area contributed by atoms with Crippen LogP contribution < -0.4 is 27.4 Å². The monoisotopic (exact) mass is 520 g/mol. The number of carbonyl (C=O) groups excluding carboxylic acids is 3. The maximum Gasteiger partial charge on any atom is 0.326 e. The van der Waals surface area contributed by atoms with Crippen molar-refractivity contribution in [2.24, 2.45) is 11.5 Å². The zero-order chi connectivity index (χ0) is 26.5. The minimum atomic E-state index is -1.19. The van der Waals surface area contributed by atoms with Gasteiger partial charge < -0.3 is 37.5 Å². The van der Waals surface area contributed by atoms with Gasteiger partial charge in [0, 0.05) is 23.5 Å². The van der Waals surface area contributed by atoms with Gasteiger partial charge in [0.2, 0.25) is 17.7 Å². The number of unbranched alkanes of at least 4 members (excludes halogenated alkanes) is 1. The van der Waals surface area contributed by atoms with E-state index in [-0.39, 0.29) is 6.42 Å². The van der Waals surface area contributed by atoms with Crippen LogP contribution in [0.4, 0.5) is 0 Å². The molecule has 1 aromatic carbocycles. The van der Waals surface area contributed by atoms with E-state index in [1.807, 2.05) is 30.5 Å². The number of nitrogens with two attached hydrogens (primary N) is 2. The summed E-state index contributed by atoms with van der Waals surface area (Å²) in [4.78, 5) is 52.4. The number of rotatable bonds is 16. The molecule has 2 aromatic rings. The minimum Gasteiger partial charge on any atom is -0.480 e. The van der Waals surface area contributed by atoms with Crippen molar-refractivity contribution in [1.82, 2.24) is 20.9 Å². The molecule has 1 aromatic heterocycles. The van der Waals surface area contributed by atoms with Crippen LogP contribution in [0, 0.1) is 0 Å². The number of H-pyrrole nitrogens is 1. The predicted octanol–water partition coefficient (Wildman–Crippen LogP) is 0.0902. The summed E-state index contributed by atoms with van der Waals surface area (Å²) in [6, 6.07) is 4.66. The highest BCUT2D eigenvalue weighted by atomic mass is 32.2. The Morgan fingerprint density at radius 2 is 1.81 bits per heavy atom. The number of hydrogen-bond acceptors (Lipinski definition) is 7. The summed E-state index contributed by atoms with van der Waals surface area (Å²) < 4.78 is 0. The number of para-hydroxylation sites is 1. The van der Waals surface area contributed by atoms with Gasteiger partial charge in [-0.15, -0.1) is 0 Å². The molecule has 0 spiro atoms. The third kappa shape index (κ3) is 9.17. The summed E-state index contributed by atoms with van der Waals surface area (Å²) in [5.74, 6) is -2.12. The third-order valence-electron chi connectivity index (χ3n) is 5.71. The van der Waals surface area contributed by atoms with E-state index in [1.54, 1.807) is 18.0 Å². The number of hydrogen-bond donors (Lipinski definition) is 7. The number of carboxylic acid groups (broad SMARTS) is 1. The van der Waals surface area contributed by atoms with E-state index in [0.717, 1.165) is 16.5 Å². The van der Waals surface area contributed by atoms with Gasteiger partial charge in [-0.25, -0.2) is 4.79 Å². The van der Waals surface area contributed by atoms with Gasteiger partial charge in [0.1, 0.15) is 12.1 Å². The van der Waals surface area contributed by atoms with Gasteiger partial charge in [-0.05, 0) is 55.9 Å². The average molecular weight is 521 g/mol. The first-order valence-electron chi connectivity index (χ1n) is 11.9. The lowest BCUT2D eigenvalue weighted by molar-refractivity contribution is -0.141. The van der Waals surface area contributed by atoms with Crippen molar-refractivity contribution in [1.29, 1.82) is 0 Å². The number of amides is 3. The van der Waals surface area contributed by atoms with Crippen LogP contribution in [-0.4, -0.2) is 77.0 Å². The van der Waals surface area contributed by atoms with Gasteiger partial charge in [-0.2, -0.15) is 11.8 Å². The van der Waals surface area contributed by atoms with Crippen LogP contribution in [0.3, 0.4) is 0 Å². The van der Waals surface area contributed by atoms with Crippen LogP contribution in [0.15, 0.2) is 30.5 Å². The number of carboxylic acids is 1. The summed E-state index contributed by atoms with van der Waals surface area (Å²) in [5, 5.41) is 18.1. The molecule has 0 fully saturated rings. The Hall–Kier alpha value is -3.09. The Bertz CT molecular complexity index is 1030. The van der Waals surface area contributed by atoms with E-state index in [0.29, 0.717) is 38.0 Å². The molecule has 3 amide bonds. The normalized spacial score (nSPS) is 13.5. The molecule has 0 bridgehead atoms. The lowest BCUT2D eigenvalue weighted by Gasteiger charge is -2.21. The smallest absolute Gasteiger partial charge is 0.326 e. The number of thioether (sulfide) groups is 1. The first-order chi connectivity index (χ1) is 17.3. The van der Waals surface area contributed by atoms with Gasteiger partial charge in [-0.3, -0.25) is 14.4 Å².